The fourth-order valence-electron chi connectivity index (χ4n) is 0.721. The van der Waals surface area contributed by atoms with E-state index in [2.05, 4.69) is 0 Å². The van der Waals surface area contributed by atoms with Gasteiger partial charge >= 0.3 is 0 Å². The van der Waals surface area contributed by atoms with Crippen molar-refractivity contribution in [2.24, 2.45) is 11.5 Å². The lowest BCUT2D eigenvalue weighted by Gasteiger charge is -2.27. The molecule has 0 radical (unpaired) electrons. The fourth-order valence-corrected chi connectivity index (χ4v) is 0.721. The van der Waals surface area contributed by atoms with Crippen LogP contribution in [-0.2, 0) is 0 Å². The van der Waals surface area contributed by atoms with Crippen molar-refractivity contribution in [2.45, 2.75) is 37.7 Å². The molecule has 0 heterocycles. The first-order valence-corrected chi connectivity index (χ1v) is 3.64. The van der Waals surface area contributed by atoms with Crippen molar-refractivity contribution in [1.29, 1.82) is 0 Å². The number of hydrogen-bond donors (Lipinski definition) is 2. The summed E-state index contributed by atoms with van der Waals surface area (Å²) < 4.78 is 0. The van der Waals surface area contributed by atoms with Crippen LogP contribution in [0.4, 0.5) is 0 Å². The second-order valence-corrected chi connectivity index (χ2v) is 3.02. The molecule has 0 aromatic carbocycles. The maximum Gasteiger partial charge on any atom is 0.0721 e. The van der Waals surface area contributed by atoms with Gasteiger partial charge in [0, 0.05) is 0 Å². The van der Waals surface area contributed by atoms with Gasteiger partial charge in [-0.2, -0.15) is 0 Å². The van der Waals surface area contributed by atoms with E-state index in [0.717, 1.165) is 12.8 Å². The van der Waals surface area contributed by atoms with Gasteiger partial charge in [0.15, 0.2) is 0 Å². The summed E-state index contributed by atoms with van der Waals surface area (Å²) >= 11 is 5.99. The zero-order valence-corrected chi connectivity index (χ0v) is 6.78. The van der Waals surface area contributed by atoms with Crippen LogP contribution in [0.1, 0.15) is 26.7 Å². The SMILES string of the molecule is CCC(Cl)(CC)C(N)N. The first-order valence-electron chi connectivity index (χ1n) is 3.27. The summed E-state index contributed by atoms with van der Waals surface area (Å²) in [5.41, 5.74) is 10.9. The molecule has 56 valence electrons. The van der Waals surface area contributed by atoms with Crippen LogP contribution in [0.5, 0.6) is 0 Å². The molecule has 0 aromatic rings. The highest BCUT2D eigenvalue weighted by Crippen LogP contribution is 2.24. The van der Waals surface area contributed by atoms with E-state index in [9.17, 15) is 0 Å². The summed E-state index contributed by atoms with van der Waals surface area (Å²) in [5.74, 6) is 0. The average Bonchev–Trinajstić information content (AvgIpc) is 1.86. The molecule has 3 heteroatoms. The molecule has 0 aliphatic rings. The summed E-state index contributed by atoms with van der Waals surface area (Å²) in [7, 11) is 0. The van der Waals surface area contributed by atoms with Gasteiger partial charge in [0.25, 0.3) is 0 Å². The highest BCUT2D eigenvalue weighted by atomic mass is 35.5. The molecule has 0 saturated heterocycles. The minimum absolute atomic E-state index is 0.389. The van der Waals surface area contributed by atoms with Gasteiger partial charge in [0.2, 0.25) is 0 Å². The lowest BCUT2D eigenvalue weighted by molar-refractivity contribution is 0.442. The highest BCUT2D eigenvalue weighted by molar-refractivity contribution is 6.24. The van der Waals surface area contributed by atoms with E-state index in [1.165, 1.54) is 0 Å². The quantitative estimate of drug-likeness (QED) is 0.467. The largest absolute Gasteiger partial charge is 0.315 e. The molecule has 2 nitrogen and oxygen atoms in total. The Labute approximate surface area is 61.5 Å². The fraction of sp³-hybridized carbons (Fsp3) is 1.00. The zero-order chi connectivity index (χ0) is 7.49. The molecule has 0 rings (SSSR count). The van der Waals surface area contributed by atoms with Gasteiger partial charge < -0.3 is 11.5 Å². The molecular formula is C6H15ClN2. The monoisotopic (exact) mass is 150 g/mol. The third-order valence-electron chi connectivity index (χ3n) is 1.77. The van der Waals surface area contributed by atoms with Gasteiger partial charge in [0.1, 0.15) is 0 Å². The summed E-state index contributed by atoms with van der Waals surface area (Å²) in [6, 6.07) is 0. The third kappa shape index (κ3) is 2.12. The van der Waals surface area contributed by atoms with Crippen LogP contribution in [-0.4, -0.2) is 11.0 Å². The minimum Gasteiger partial charge on any atom is -0.315 e. The number of alkyl halides is 1. The van der Waals surface area contributed by atoms with Crippen molar-refractivity contribution >= 4 is 11.6 Å². The zero-order valence-electron chi connectivity index (χ0n) is 6.02. The van der Waals surface area contributed by atoms with Gasteiger partial charge in [-0.25, -0.2) is 0 Å². The molecule has 0 spiro atoms. The molecule has 0 atom stereocenters. The van der Waals surface area contributed by atoms with E-state index in [-0.39, 0.29) is 4.87 Å². The van der Waals surface area contributed by atoms with Gasteiger partial charge in [-0.05, 0) is 12.8 Å². The lowest BCUT2D eigenvalue weighted by Crippen LogP contribution is -2.49. The van der Waals surface area contributed by atoms with Crippen LogP contribution in [0.15, 0.2) is 0 Å². The molecule has 0 unspecified atom stereocenters. The number of nitrogens with two attached hydrogens (primary N) is 2. The van der Waals surface area contributed by atoms with Gasteiger partial charge in [0.05, 0.1) is 11.0 Å². The second kappa shape index (κ2) is 3.40. The Morgan fingerprint density at radius 3 is 1.67 bits per heavy atom. The van der Waals surface area contributed by atoms with E-state index in [1.54, 1.807) is 0 Å². The van der Waals surface area contributed by atoms with E-state index in [4.69, 9.17) is 23.1 Å². The number of rotatable bonds is 3. The number of halogens is 1. The summed E-state index contributed by atoms with van der Waals surface area (Å²) in [4.78, 5) is -0.389. The van der Waals surface area contributed by atoms with Crippen molar-refractivity contribution in [3.05, 3.63) is 0 Å². The van der Waals surface area contributed by atoms with Crippen molar-refractivity contribution in [3.63, 3.8) is 0 Å². The molecule has 0 amide bonds. The predicted octanol–water partition coefficient (Wildman–Crippen LogP) is 1.03. The Bertz CT molecular complexity index is 79.1. The maximum absolute atomic E-state index is 5.99. The van der Waals surface area contributed by atoms with Crippen LogP contribution < -0.4 is 11.5 Å². The van der Waals surface area contributed by atoms with Crippen molar-refractivity contribution in [3.8, 4) is 0 Å². The molecule has 0 fully saturated rings. The first-order chi connectivity index (χ1) is 4.06. The Morgan fingerprint density at radius 2 is 1.67 bits per heavy atom. The van der Waals surface area contributed by atoms with Gasteiger partial charge in [-0.3, -0.25) is 0 Å². The molecule has 0 aromatic heterocycles. The second-order valence-electron chi connectivity index (χ2n) is 2.27. The summed E-state index contributed by atoms with van der Waals surface area (Å²) in [6.07, 6.45) is 1.24. The van der Waals surface area contributed by atoms with Crippen LogP contribution >= 0.6 is 11.6 Å². The Kier molecular flexibility index (Phi) is 3.48. The molecule has 0 saturated carbocycles. The van der Waals surface area contributed by atoms with Gasteiger partial charge in [-0.15, -0.1) is 11.6 Å². The van der Waals surface area contributed by atoms with E-state index < -0.39 is 6.17 Å². The molecule has 0 aliphatic heterocycles. The Hall–Kier alpha value is 0.210. The minimum atomic E-state index is -0.408. The van der Waals surface area contributed by atoms with Crippen molar-refractivity contribution in [2.75, 3.05) is 0 Å². The average molecular weight is 151 g/mol. The maximum atomic E-state index is 5.99. The van der Waals surface area contributed by atoms with Crippen LogP contribution in [0.25, 0.3) is 0 Å². The highest BCUT2D eigenvalue weighted by Gasteiger charge is 2.27. The summed E-state index contributed by atoms with van der Waals surface area (Å²) in [5, 5.41) is 0. The van der Waals surface area contributed by atoms with Crippen LogP contribution in [0.3, 0.4) is 0 Å². The smallest absolute Gasteiger partial charge is 0.0721 e. The van der Waals surface area contributed by atoms with E-state index >= 15 is 0 Å². The van der Waals surface area contributed by atoms with Gasteiger partial charge in [-0.1, -0.05) is 13.8 Å². The predicted molar refractivity (Wildman–Crippen MR) is 41.3 cm³/mol. The molecule has 9 heavy (non-hydrogen) atoms. The van der Waals surface area contributed by atoms with Crippen LogP contribution in [0, 0.1) is 0 Å². The third-order valence-corrected chi connectivity index (χ3v) is 2.56. The Balaban J connectivity index is 3.92. The first kappa shape index (κ1) is 9.21. The topological polar surface area (TPSA) is 52.0 Å². The number of hydrogen-bond acceptors (Lipinski definition) is 2. The standard InChI is InChI=1S/C6H15ClN2/c1-3-6(7,4-2)5(8)9/h5H,3-4,8-9H2,1-2H3. The van der Waals surface area contributed by atoms with E-state index in [0.29, 0.717) is 0 Å². The molecule has 0 aliphatic carbocycles. The van der Waals surface area contributed by atoms with E-state index in [1.807, 2.05) is 13.8 Å². The normalized spacial score (nSPS) is 12.7. The van der Waals surface area contributed by atoms with Crippen molar-refractivity contribution in [1.82, 2.24) is 0 Å². The lowest BCUT2D eigenvalue weighted by atomic mass is 10.00. The molecule has 4 N–H and O–H groups in total. The summed E-state index contributed by atoms with van der Waals surface area (Å²) in [6.45, 7) is 3.98. The van der Waals surface area contributed by atoms with Crippen molar-refractivity contribution < 1.29 is 0 Å². The Morgan fingerprint density at radius 1 is 1.33 bits per heavy atom. The molecule has 0 bridgehead atoms. The van der Waals surface area contributed by atoms with Crippen LogP contribution in [0.2, 0.25) is 0 Å². The molecular weight excluding hydrogens is 136 g/mol.